The van der Waals surface area contributed by atoms with E-state index >= 15 is 0 Å². The van der Waals surface area contributed by atoms with Gasteiger partial charge in [-0.1, -0.05) is 62.2 Å². The fourth-order valence-corrected chi connectivity index (χ4v) is 5.21. The van der Waals surface area contributed by atoms with Gasteiger partial charge in [-0.05, 0) is 67.7 Å². The Morgan fingerprint density at radius 3 is 2.33 bits per heavy atom. The zero-order valence-corrected chi connectivity index (χ0v) is 19.6. The van der Waals surface area contributed by atoms with Gasteiger partial charge in [-0.3, -0.25) is 0 Å². The Bertz CT molecular complexity index is 899. The van der Waals surface area contributed by atoms with Crippen LogP contribution in [0, 0.1) is 17.6 Å². The molecule has 0 heterocycles. The number of alkyl halides is 2. The van der Waals surface area contributed by atoms with Crippen molar-refractivity contribution in [2.24, 2.45) is 5.92 Å². The van der Waals surface area contributed by atoms with Crippen LogP contribution < -0.4 is 0 Å². The van der Waals surface area contributed by atoms with Gasteiger partial charge in [-0.15, -0.1) is 0 Å². The zero-order valence-electron chi connectivity index (χ0n) is 18.7. The molecule has 1 fully saturated rings. The maximum Gasteiger partial charge on any atom is 0.338 e. The molecule has 0 bridgehead atoms. The minimum absolute atomic E-state index is 0.0240. The van der Waals surface area contributed by atoms with Gasteiger partial charge in [0.05, 0.1) is 10.5 Å². The predicted octanol–water partition coefficient (Wildman–Crippen LogP) is 8.36. The van der Waals surface area contributed by atoms with E-state index in [0.717, 1.165) is 32.1 Å². The standard InChI is InChI=1S/C26H30F4O2S/c1-2-3-5-10-20(21-15-16-22(33-26(29)30)24(28)23(21)27)17-11-13-19(14-12-17)32-25(31)18-8-6-4-7-9-18/h4,6-9,15-17,19-20,26H,2-3,5,10-14H2,1H3. The highest BCUT2D eigenvalue weighted by molar-refractivity contribution is 7.99. The van der Waals surface area contributed by atoms with Crippen molar-refractivity contribution in [1.29, 1.82) is 0 Å². The van der Waals surface area contributed by atoms with E-state index in [0.29, 0.717) is 24.8 Å². The van der Waals surface area contributed by atoms with Gasteiger partial charge in [0.1, 0.15) is 6.10 Å². The highest BCUT2D eigenvalue weighted by atomic mass is 32.2. The number of esters is 1. The van der Waals surface area contributed by atoms with Crippen molar-refractivity contribution in [3.05, 3.63) is 65.2 Å². The average molecular weight is 483 g/mol. The minimum Gasteiger partial charge on any atom is -0.459 e. The van der Waals surface area contributed by atoms with Gasteiger partial charge in [-0.2, -0.15) is 8.78 Å². The molecule has 0 radical (unpaired) electrons. The smallest absolute Gasteiger partial charge is 0.338 e. The fourth-order valence-electron chi connectivity index (χ4n) is 4.68. The summed E-state index contributed by atoms with van der Waals surface area (Å²) in [5, 5.41) is 0. The molecular weight excluding hydrogens is 452 g/mol. The van der Waals surface area contributed by atoms with Gasteiger partial charge in [0.25, 0.3) is 5.76 Å². The Balaban J connectivity index is 1.69. The molecule has 1 aliphatic carbocycles. The number of hydrogen-bond acceptors (Lipinski definition) is 3. The quantitative estimate of drug-likeness (QED) is 0.147. The van der Waals surface area contributed by atoms with Crippen molar-refractivity contribution >= 4 is 17.7 Å². The summed E-state index contributed by atoms with van der Waals surface area (Å²) in [5.41, 5.74) is 0.781. The highest BCUT2D eigenvalue weighted by Gasteiger charge is 2.32. The van der Waals surface area contributed by atoms with Gasteiger partial charge >= 0.3 is 5.97 Å². The molecule has 33 heavy (non-hydrogen) atoms. The summed E-state index contributed by atoms with van der Waals surface area (Å²) in [6.45, 7) is 2.08. The number of benzene rings is 2. The van der Waals surface area contributed by atoms with Gasteiger partial charge in [0.2, 0.25) is 0 Å². The first-order chi connectivity index (χ1) is 15.9. The average Bonchev–Trinajstić information content (AvgIpc) is 2.81. The van der Waals surface area contributed by atoms with Gasteiger partial charge in [0, 0.05) is 0 Å². The van der Waals surface area contributed by atoms with E-state index < -0.39 is 17.4 Å². The monoisotopic (exact) mass is 482 g/mol. The van der Waals surface area contributed by atoms with Crippen molar-refractivity contribution in [2.45, 2.75) is 81.0 Å². The normalized spacial score (nSPS) is 19.5. The summed E-state index contributed by atoms with van der Waals surface area (Å²) >= 11 is 0.0240. The lowest BCUT2D eigenvalue weighted by molar-refractivity contribution is 0.0149. The van der Waals surface area contributed by atoms with Crippen LogP contribution in [0.3, 0.4) is 0 Å². The van der Waals surface area contributed by atoms with Crippen LogP contribution >= 0.6 is 11.8 Å². The second-order valence-electron chi connectivity index (χ2n) is 8.57. The number of unbranched alkanes of at least 4 members (excludes halogenated alkanes) is 2. The van der Waals surface area contributed by atoms with E-state index in [1.807, 2.05) is 6.07 Å². The molecule has 1 aliphatic rings. The van der Waals surface area contributed by atoms with Crippen molar-refractivity contribution in [3.63, 3.8) is 0 Å². The lowest BCUT2D eigenvalue weighted by Gasteiger charge is -2.34. The lowest BCUT2D eigenvalue weighted by atomic mass is 9.73. The Morgan fingerprint density at radius 1 is 1.00 bits per heavy atom. The van der Waals surface area contributed by atoms with Crippen molar-refractivity contribution in [2.75, 3.05) is 0 Å². The molecule has 1 saturated carbocycles. The van der Waals surface area contributed by atoms with Gasteiger partial charge < -0.3 is 4.74 Å². The number of hydrogen-bond donors (Lipinski definition) is 0. The fraction of sp³-hybridized carbons (Fsp3) is 0.500. The number of halogens is 4. The first kappa shape index (κ1) is 25.6. The summed E-state index contributed by atoms with van der Waals surface area (Å²) in [4.78, 5) is 12.0. The molecule has 7 heteroatoms. The molecular formula is C26H30F4O2S. The summed E-state index contributed by atoms with van der Waals surface area (Å²) in [7, 11) is 0. The minimum atomic E-state index is -2.81. The Labute approximate surface area is 197 Å². The van der Waals surface area contributed by atoms with E-state index in [1.165, 1.54) is 12.1 Å². The third kappa shape index (κ3) is 6.98. The number of carbonyl (C=O) groups is 1. The molecule has 2 aromatic carbocycles. The SMILES string of the molecule is CCCCCC(c1ccc(SC(F)F)c(F)c1F)C1CCC(OC(=O)c2ccccc2)CC1. The summed E-state index contributed by atoms with van der Waals surface area (Å²) in [6.07, 6.45) is 6.20. The van der Waals surface area contributed by atoms with E-state index in [4.69, 9.17) is 4.74 Å². The van der Waals surface area contributed by atoms with Crippen molar-refractivity contribution in [3.8, 4) is 0 Å². The predicted molar refractivity (Wildman–Crippen MR) is 123 cm³/mol. The molecule has 0 amide bonds. The third-order valence-electron chi connectivity index (χ3n) is 6.38. The van der Waals surface area contributed by atoms with Gasteiger partial charge in [0.15, 0.2) is 11.6 Å². The molecule has 1 unspecified atom stereocenters. The van der Waals surface area contributed by atoms with Crippen LogP contribution in [0.25, 0.3) is 0 Å². The second-order valence-corrected chi connectivity index (χ2v) is 9.60. The zero-order chi connectivity index (χ0) is 23.8. The van der Waals surface area contributed by atoms with Crippen LogP contribution in [-0.4, -0.2) is 17.8 Å². The third-order valence-corrected chi connectivity index (χ3v) is 7.13. The van der Waals surface area contributed by atoms with E-state index in [2.05, 4.69) is 6.92 Å². The molecule has 1 atom stereocenters. The Kier molecular flexibility index (Phi) is 9.65. The molecule has 0 saturated heterocycles. The Morgan fingerprint density at radius 2 is 1.70 bits per heavy atom. The maximum atomic E-state index is 15.0. The molecule has 0 N–H and O–H groups in total. The second kappa shape index (κ2) is 12.4. The maximum absolute atomic E-state index is 15.0. The van der Waals surface area contributed by atoms with Crippen LogP contribution in [0.15, 0.2) is 47.4 Å². The molecule has 2 aromatic rings. The van der Waals surface area contributed by atoms with Crippen LogP contribution in [0.1, 0.15) is 80.1 Å². The first-order valence-electron chi connectivity index (χ1n) is 11.6. The number of ether oxygens (including phenoxy) is 1. The van der Waals surface area contributed by atoms with E-state index in [9.17, 15) is 22.4 Å². The van der Waals surface area contributed by atoms with E-state index in [-0.39, 0.29) is 46.1 Å². The topological polar surface area (TPSA) is 26.3 Å². The molecule has 0 aliphatic heterocycles. The largest absolute Gasteiger partial charge is 0.459 e. The molecule has 0 aromatic heterocycles. The molecule has 2 nitrogen and oxygen atoms in total. The number of rotatable bonds is 10. The van der Waals surface area contributed by atoms with Crippen LogP contribution in [-0.2, 0) is 4.74 Å². The molecule has 3 rings (SSSR count). The first-order valence-corrected chi connectivity index (χ1v) is 12.5. The highest BCUT2D eigenvalue weighted by Crippen LogP contribution is 2.42. The van der Waals surface area contributed by atoms with E-state index in [1.54, 1.807) is 24.3 Å². The van der Waals surface area contributed by atoms with Crippen LogP contribution in [0.5, 0.6) is 0 Å². The Hall–Kier alpha value is -2.02. The van der Waals surface area contributed by atoms with Crippen LogP contribution in [0.4, 0.5) is 17.6 Å². The number of carbonyl (C=O) groups excluding carboxylic acids is 1. The molecule has 180 valence electrons. The van der Waals surface area contributed by atoms with Crippen molar-refractivity contribution < 1.29 is 27.1 Å². The lowest BCUT2D eigenvalue weighted by Crippen LogP contribution is -2.27. The summed E-state index contributed by atoms with van der Waals surface area (Å²) in [5.74, 6) is -5.43. The van der Waals surface area contributed by atoms with Gasteiger partial charge in [-0.25, -0.2) is 13.6 Å². The summed E-state index contributed by atoms with van der Waals surface area (Å²) in [6, 6.07) is 11.6. The van der Waals surface area contributed by atoms with Crippen LogP contribution in [0.2, 0.25) is 0 Å². The summed E-state index contributed by atoms with van der Waals surface area (Å²) < 4.78 is 60.5. The molecule has 0 spiro atoms. The van der Waals surface area contributed by atoms with Crippen molar-refractivity contribution in [1.82, 2.24) is 0 Å². The number of thioether (sulfide) groups is 1.